The fraction of sp³-hybridized carbons (Fsp3) is 0. The smallest absolute Gasteiger partial charge is 0.219 e. The van der Waals surface area contributed by atoms with E-state index in [1.165, 1.54) is 6.20 Å². The molecule has 0 aliphatic heterocycles. The van der Waals surface area contributed by atoms with E-state index in [2.05, 4.69) is 25.9 Å². The van der Waals surface area contributed by atoms with Crippen LogP contribution in [0.25, 0.3) is 10.9 Å². The number of hydrogen-bond donors (Lipinski definition) is 0. The summed E-state index contributed by atoms with van der Waals surface area (Å²) in [5.41, 5.74) is 1.32. The number of rotatable bonds is 3. The minimum absolute atomic E-state index is 0.511. The second-order valence-electron chi connectivity index (χ2n) is 4.16. The van der Waals surface area contributed by atoms with Crippen LogP contribution in [-0.2, 0) is 0 Å². The Labute approximate surface area is 123 Å². The second kappa shape index (κ2) is 5.38. The summed E-state index contributed by atoms with van der Waals surface area (Å²) in [6, 6.07) is 10.9. The van der Waals surface area contributed by atoms with Gasteiger partial charge >= 0.3 is 0 Å². The van der Waals surface area contributed by atoms with Crippen LogP contribution in [0, 0.1) is 0 Å². The molecule has 20 heavy (non-hydrogen) atoms. The van der Waals surface area contributed by atoms with Crippen LogP contribution >= 0.6 is 15.9 Å². The number of carbonyl (C=O) groups is 1. The predicted octanol–water partition coefficient (Wildman–Crippen LogP) is 4.00. The lowest BCUT2D eigenvalue weighted by molar-refractivity contribution is 0.112. The highest BCUT2D eigenvalue weighted by Crippen LogP contribution is 2.24. The van der Waals surface area contributed by atoms with Crippen LogP contribution in [-0.4, -0.2) is 16.3 Å². The third-order valence-corrected chi connectivity index (χ3v) is 3.20. The molecule has 0 atom stereocenters. The zero-order valence-electron chi connectivity index (χ0n) is 10.3. The van der Waals surface area contributed by atoms with Gasteiger partial charge in [-0.3, -0.25) is 9.78 Å². The van der Waals surface area contributed by atoms with Gasteiger partial charge in [0.2, 0.25) is 5.88 Å². The van der Waals surface area contributed by atoms with E-state index in [-0.39, 0.29) is 0 Å². The number of nitrogens with zero attached hydrogens (tertiary/aromatic N) is 2. The summed E-state index contributed by atoms with van der Waals surface area (Å²) in [4.78, 5) is 19.1. The van der Waals surface area contributed by atoms with E-state index in [9.17, 15) is 4.79 Å². The number of ether oxygens (including phenoxy) is 1. The maximum atomic E-state index is 10.7. The molecule has 4 nitrogen and oxygen atoms in total. The second-order valence-corrected chi connectivity index (χ2v) is 5.07. The lowest BCUT2D eigenvalue weighted by Crippen LogP contribution is -1.89. The summed E-state index contributed by atoms with van der Waals surface area (Å²) in [7, 11) is 0. The van der Waals surface area contributed by atoms with Gasteiger partial charge < -0.3 is 4.74 Å². The SMILES string of the molecule is O=Cc1cnc2cc(Oc3ccc(Br)cn3)ccc2c1. The molecule has 0 N–H and O–H groups in total. The van der Waals surface area contributed by atoms with Crippen LogP contribution in [0.3, 0.4) is 0 Å². The molecular weight excluding hydrogens is 320 g/mol. The molecule has 0 bridgehead atoms. The van der Waals surface area contributed by atoms with Gasteiger partial charge in [0, 0.05) is 39.9 Å². The molecule has 1 aromatic carbocycles. The van der Waals surface area contributed by atoms with Gasteiger partial charge in [0.1, 0.15) is 5.75 Å². The van der Waals surface area contributed by atoms with Crippen molar-refractivity contribution in [3.8, 4) is 11.6 Å². The summed E-state index contributed by atoms with van der Waals surface area (Å²) in [6.45, 7) is 0. The number of carbonyl (C=O) groups excluding carboxylic acids is 1. The first kappa shape index (κ1) is 12.7. The van der Waals surface area contributed by atoms with Crippen molar-refractivity contribution in [2.75, 3.05) is 0 Å². The van der Waals surface area contributed by atoms with E-state index >= 15 is 0 Å². The van der Waals surface area contributed by atoms with Gasteiger partial charge in [-0.05, 0) is 40.2 Å². The van der Waals surface area contributed by atoms with Crippen LogP contribution in [0.1, 0.15) is 10.4 Å². The van der Waals surface area contributed by atoms with E-state index in [1.807, 2.05) is 24.3 Å². The highest BCUT2D eigenvalue weighted by molar-refractivity contribution is 9.10. The molecule has 3 aromatic rings. The Morgan fingerprint density at radius 2 is 1.95 bits per heavy atom. The van der Waals surface area contributed by atoms with Gasteiger partial charge in [-0.15, -0.1) is 0 Å². The average molecular weight is 329 g/mol. The zero-order valence-corrected chi connectivity index (χ0v) is 11.9. The summed E-state index contributed by atoms with van der Waals surface area (Å²) < 4.78 is 6.55. The Balaban J connectivity index is 1.92. The molecule has 5 heteroatoms. The van der Waals surface area contributed by atoms with Crippen molar-refractivity contribution in [3.05, 3.63) is 58.8 Å². The number of fused-ring (bicyclic) bond motifs is 1. The molecule has 0 saturated heterocycles. The Bertz CT molecular complexity index is 772. The lowest BCUT2D eigenvalue weighted by Gasteiger charge is -2.06. The van der Waals surface area contributed by atoms with E-state index in [1.54, 1.807) is 18.3 Å². The average Bonchev–Trinajstić information content (AvgIpc) is 2.49. The molecule has 98 valence electrons. The number of hydrogen-bond acceptors (Lipinski definition) is 4. The van der Waals surface area contributed by atoms with Crippen molar-refractivity contribution in [2.45, 2.75) is 0 Å². The van der Waals surface area contributed by atoms with Crippen molar-refractivity contribution in [2.24, 2.45) is 0 Å². The van der Waals surface area contributed by atoms with Gasteiger partial charge in [0.15, 0.2) is 6.29 Å². The highest BCUT2D eigenvalue weighted by Gasteiger charge is 2.02. The Morgan fingerprint density at radius 3 is 2.70 bits per heavy atom. The molecule has 0 amide bonds. The number of aldehydes is 1. The molecule has 0 aliphatic carbocycles. The molecule has 2 aromatic heterocycles. The fourth-order valence-electron chi connectivity index (χ4n) is 1.79. The first-order valence-corrected chi connectivity index (χ1v) is 6.68. The summed E-state index contributed by atoms with van der Waals surface area (Å²) in [6.07, 6.45) is 3.99. The molecule has 0 saturated carbocycles. The number of halogens is 1. The molecular formula is C15H9BrN2O2. The van der Waals surface area contributed by atoms with Crippen LogP contribution in [0.2, 0.25) is 0 Å². The quantitative estimate of drug-likeness (QED) is 0.682. The van der Waals surface area contributed by atoms with Crippen LogP contribution < -0.4 is 4.74 Å². The minimum atomic E-state index is 0.511. The van der Waals surface area contributed by atoms with Gasteiger partial charge in [-0.2, -0.15) is 0 Å². The van der Waals surface area contributed by atoms with Gasteiger partial charge in [0.25, 0.3) is 0 Å². The Hall–Kier alpha value is -2.27. The maximum absolute atomic E-state index is 10.7. The van der Waals surface area contributed by atoms with Crippen molar-refractivity contribution in [1.29, 1.82) is 0 Å². The molecule has 3 rings (SSSR count). The summed E-state index contributed by atoms with van der Waals surface area (Å²) in [5.74, 6) is 1.16. The minimum Gasteiger partial charge on any atom is -0.439 e. The third-order valence-electron chi connectivity index (χ3n) is 2.74. The van der Waals surface area contributed by atoms with E-state index in [0.717, 1.165) is 21.7 Å². The van der Waals surface area contributed by atoms with Gasteiger partial charge in [-0.25, -0.2) is 4.98 Å². The molecule has 0 radical (unpaired) electrons. The van der Waals surface area contributed by atoms with Gasteiger partial charge in [-0.1, -0.05) is 0 Å². The standard InChI is InChI=1S/C15H9BrN2O2/c16-12-2-4-15(18-8-12)20-13-3-1-11-5-10(9-19)7-17-14(11)6-13/h1-9H. The molecule has 0 aliphatic rings. The number of pyridine rings is 2. The van der Waals surface area contributed by atoms with E-state index in [4.69, 9.17) is 4.74 Å². The van der Waals surface area contributed by atoms with E-state index < -0.39 is 0 Å². The third kappa shape index (κ3) is 2.67. The van der Waals surface area contributed by atoms with Crippen LogP contribution in [0.4, 0.5) is 0 Å². The molecule has 0 fully saturated rings. The Morgan fingerprint density at radius 1 is 1.05 bits per heavy atom. The molecule has 2 heterocycles. The number of benzene rings is 1. The van der Waals surface area contributed by atoms with Crippen LogP contribution in [0.5, 0.6) is 11.6 Å². The predicted molar refractivity (Wildman–Crippen MR) is 79.1 cm³/mol. The molecule has 0 unspecified atom stereocenters. The fourth-order valence-corrected chi connectivity index (χ4v) is 2.02. The van der Waals surface area contributed by atoms with Crippen LogP contribution in [0.15, 0.2) is 53.3 Å². The highest BCUT2D eigenvalue weighted by atomic mass is 79.9. The van der Waals surface area contributed by atoms with E-state index in [0.29, 0.717) is 17.2 Å². The number of aromatic nitrogens is 2. The topological polar surface area (TPSA) is 52.1 Å². The summed E-state index contributed by atoms with van der Waals surface area (Å²) in [5, 5.41) is 0.894. The lowest BCUT2D eigenvalue weighted by atomic mass is 10.1. The van der Waals surface area contributed by atoms with Crippen molar-refractivity contribution in [3.63, 3.8) is 0 Å². The first-order chi connectivity index (χ1) is 9.74. The van der Waals surface area contributed by atoms with Gasteiger partial charge in [0.05, 0.1) is 5.52 Å². The maximum Gasteiger partial charge on any atom is 0.219 e. The molecule has 0 spiro atoms. The van der Waals surface area contributed by atoms with Crippen molar-refractivity contribution >= 4 is 33.1 Å². The largest absolute Gasteiger partial charge is 0.439 e. The Kier molecular flexibility index (Phi) is 3.43. The monoisotopic (exact) mass is 328 g/mol. The first-order valence-electron chi connectivity index (χ1n) is 5.89. The van der Waals surface area contributed by atoms with Crippen molar-refractivity contribution in [1.82, 2.24) is 9.97 Å². The van der Waals surface area contributed by atoms with Crippen molar-refractivity contribution < 1.29 is 9.53 Å². The summed E-state index contributed by atoms with van der Waals surface area (Å²) >= 11 is 3.32. The normalized spacial score (nSPS) is 10.4. The zero-order chi connectivity index (χ0) is 13.9.